The lowest BCUT2D eigenvalue weighted by Crippen LogP contribution is -2.22. The lowest BCUT2D eigenvalue weighted by Gasteiger charge is -2.17. The van der Waals surface area contributed by atoms with E-state index in [4.69, 9.17) is 5.11 Å². The number of aliphatic hydroxyl groups is 1. The SMILES string of the molecule is O=CN(CCCCCCO)Cc1ccccc1. The van der Waals surface area contributed by atoms with Crippen LogP contribution in [-0.2, 0) is 11.3 Å². The first-order valence-corrected chi connectivity index (χ1v) is 6.21. The van der Waals surface area contributed by atoms with Gasteiger partial charge in [-0.2, -0.15) is 0 Å². The van der Waals surface area contributed by atoms with Gasteiger partial charge in [0, 0.05) is 19.7 Å². The molecule has 0 aromatic heterocycles. The van der Waals surface area contributed by atoms with Crippen molar-refractivity contribution in [3.63, 3.8) is 0 Å². The predicted octanol–water partition coefficient (Wildman–Crippen LogP) is 2.20. The van der Waals surface area contributed by atoms with E-state index in [0.717, 1.165) is 44.2 Å². The van der Waals surface area contributed by atoms with Crippen LogP contribution in [0.4, 0.5) is 0 Å². The Labute approximate surface area is 103 Å². The van der Waals surface area contributed by atoms with Gasteiger partial charge in [0.25, 0.3) is 0 Å². The second-order valence-corrected chi connectivity index (χ2v) is 4.20. The third-order valence-electron chi connectivity index (χ3n) is 2.73. The Bertz CT molecular complexity index is 300. The predicted molar refractivity (Wildman–Crippen MR) is 68.5 cm³/mol. The summed E-state index contributed by atoms with van der Waals surface area (Å²) in [7, 11) is 0. The van der Waals surface area contributed by atoms with Gasteiger partial charge in [-0.25, -0.2) is 0 Å². The van der Waals surface area contributed by atoms with E-state index in [0.29, 0.717) is 6.54 Å². The summed E-state index contributed by atoms with van der Waals surface area (Å²) in [4.78, 5) is 12.7. The molecule has 94 valence electrons. The fourth-order valence-electron chi connectivity index (χ4n) is 1.77. The van der Waals surface area contributed by atoms with Crippen LogP contribution in [0.15, 0.2) is 30.3 Å². The monoisotopic (exact) mass is 235 g/mol. The summed E-state index contributed by atoms with van der Waals surface area (Å²) in [6.07, 6.45) is 4.89. The first-order valence-electron chi connectivity index (χ1n) is 6.21. The Hall–Kier alpha value is -1.35. The lowest BCUT2D eigenvalue weighted by atomic mass is 10.2. The Morgan fingerprint density at radius 3 is 2.41 bits per heavy atom. The average Bonchev–Trinajstić information content (AvgIpc) is 2.38. The summed E-state index contributed by atoms with van der Waals surface area (Å²) in [5.74, 6) is 0. The molecule has 0 aliphatic rings. The normalized spacial score (nSPS) is 10.2. The minimum Gasteiger partial charge on any atom is -0.396 e. The van der Waals surface area contributed by atoms with Crippen molar-refractivity contribution in [3.8, 4) is 0 Å². The largest absolute Gasteiger partial charge is 0.396 e. The Kier molecular flexibility index (Phi) is 7.07. The van der Waals surface area contributed by atoms with Gasteiger partial charge in [-0.05, 0) is 18.4 Å². The van der Waals surface area contributed by atoms with Gasteiger partial charge in [-0.1, -0.05) is 43.2 Å². The van der Waals surface area contributed by atoms with Crippen molar-refractivity contribution in [1.82, 2.24) is 4.90 Å². The van der Waals surface area contributed by atoms with Gasteiger partial charge < -0.3 is 10.0 Å². The summed E-state index contributed by atoms with van der Waals surface area (Å²) in [6.45, 7) is 1.75. The van der Waals surface area contributed by atoms with E-state index in [1.807, 2.05) is 30.3 Å². The standard InChI is InChI=1S/C14H21NO2/c16-11-7-2-1-6-10-15(13-17)12-14-8-4-3-5-9-14/h3-5,8-9,13,16H,1-2,6-7,10-12H2. The molecule has 1 aromatic carbocycles. The lowest BCUT2D eigenvalue weighted by molar-refractivity contribution is -0.118. The molecule has 17 heavy (non-hydrogen) atoms. The van der Waals surface area contributed by atoms with Gasteiger partial charge in [0.05, 0.1) is 0 Å². The van der Waals surface area contributed by atoms with Gasteiger partial charge in [0.1, 0.15) is 0 Å². The molecule has 0 fully saturated rings. The van der Waals surface area contributed by atoms with Crippen LogP contribution in [-0.4, -0.2) is 29.6 Å². The van der Waals surface area contributed by atoms with Gasteiger partial charge in [0.15, 0.2) is 0 Å². The zero-order valence-corrected chi connectivity index (χ0v) is 10.2. The summed E-state index contributed by atoms with van der Waals surface area (Å²) in [6, 6.07) is 10.0. The minimum absolute atomic E-state index is 0.265. The van der Waals surface area contributed by atoms with E-state index in [1.54, 1.807) is 4.90 Å². The smallest absolute Gasteiger partial charge is 0.210 e. The minimum atomic E-state index is 0.265. The number of benzene rings is 1. The van der Waals surface area contributed by atoms with Crippen LogP contribution < -0.4 is 0 Å². The molecule has 0 saturated carbocycles. The maximum Gasteiger partial charge on any atom is 0.210 e. The third-order valence-corrected chi connectivity index (χ3v) is 2.73. The number of rotatable bonds is 9. The molecule has 0 atom stereocenters. The molecular formula is C14H21NO2. The molecule has 0 bridgehead atoms. The van der Waals surface area contributed by atoms with E-state index in [2.05, 4.69) is 0 Å². The van der Waals surface area contributed by atoms with E-state index >= 15 is 0 Å². The summed E-state index contributed by atoms with van der Waals surface area (Å²) in [5.41, 5.74) is 1.16. The molecule has 0 saturated heterocycles. The van der Waals surface area contributed by atoms with Crippen molar-refractivity contribution >= 4 is 6.41 Å². The molecule has 1 N–H and O–H groups in total. The van der Waals surface area contributed by atoms with Gasteiger partial charge in [0.2, 0.25) is 6.41 Å². The van der Waals surface area contributed by atoms with Crippen molar-refractivity contribution in [2.45, 2.75) is 32.2 Å². The maximum atomic E-state index is 10.9. The molecule has 3 heteroatoms. The van der Waals surface area contributed by atoms with E-state index < -0.39 is 0 Å². The Morgan fingerprint density at radius 2 is 1.76 bits per heavy atom. The number of carbonyl (C=O) groups is 1. The molecule has 1 aromatic rings. The Morgan fingerprint density at radius 1 is 1.06 bits per heavy atom. The van der Waals surface area contributed by atoms with Crippen LogP contribution in [0.5, 0.6) is 0 Å². The van der Waals surface area contributed by atoms with Gasteiger partial charge >= 0.3 is 0 Å². The van der Waals surface area contributed by atoms with Crippen LogP contribution in [0.3, 0.4) is 0 Å². The second-order valence-electron chi connectivity index (χ2n) is 4.20. The Balaban J connectivity index is 2.22. The summed E-state index contributed by atoms with van der Waals surface area (Å²) < 4.78 is 0. The van der Waals surface area contributed by atoms with E-state index in [1.165, 1.54) is 0 Å². The van der Waals surface area contributed by atoms with Crippen LogP contribution in [0.2, 0.25) is 0 Å². The topological polar surface area (TPSA) is 40.5 Å². The quantitative estimate of drug-likeness (QED) is 0.526. The molecule has 0 aliphatic carbocycles. The van der Waals surface area contributed by atoms with Crippen LogP contribution in [0.1, 0.15) is 31.2 Å². The van der Waals surface area contributed by atoms with Crippen molar-refractivity contribution in [2.75, 3.05) is 13.2 Å². The molecular weight excluding hydrogens is 214 g/mol. The fraction of sp³-hybridized carbons (Fsp3) is 0.500. The molecule has 0 heterocycles. The fourth-order valence-corrected chi connectivity index (χ4v) is 1.77. The highest BCUT2D eigenvalue weighted by atomic mass is 16.2. The highest BCUT2D eigenvalue weighted by Crippen LogP contribution is 2.05. The van der Waals surface area contributed by atoms with E-state index in [-0.39, 0.29) is 6.61 Å². The molecule has 0 spiro atoms. The third kappa shape index (κ3) is 6.07. The molecule has 0 radical (unpaired) electrons. The first-order chi connectivity index (χ1) is 8.36. The summed E-state index contributed by atoms with van der Waals surface area (Å²) in [5, 5.41) is 8.65. The number of aliphatic hydroxyl groups excluding tert-OH is 1. The van der Waals surface area contributed by atoms with Gasteiger partial charge in [-0.3, -0.25) is 4.79 Å². The van der Waals surface area contributed by atoms with E-state index in [9.17, 15) is 4.79 Å². The number of unbranched alkanes of at least 4 members (excludes halogenated alkanes) is 3. The molecule has 3 nitrogen and oxygen atoms in total. The molecule has 1 rings (SSSR count). The van der Waals surface area contributed by atoms with Gasteiger partial charge in [-0.15, -0.1) is 0 Å². The number of nitrogens with zero attached hydrogens (tertiary/aromatic N) is 1. The summed E-state index contributed by atoms with van der Waals surface area (Å²) >= 11 is 0. The number of amides is 1. The zero-order valence-electron chi connectivity index (χ0n) is 10.2. The van der Waals surface area contributed by atoms with Crippen LogP contribution in [0.25, 0.3) is 0 Å². The van der Waals surface area contributed by atoms with Crippen molar-refractivity contribution in [1.29, 1.82) is 0 Å². The zero-order chi connectivity index (χ0) is 12.3. The van der Waals surface area contributed by atoms with Crippen LogP contribution in [0, 0.1) is 0 Å². The van der Waals surface area contributed by atoms with Crippen molar-refractivity contribution in [2.24, 2.45) is 0 Å². The van der Waals surface area contributed by atoms with Crippen molar-refractivity contribution in [3.05, 3.63) is 35.9 Å². The van der Waals surface area contributed by atoms with Crippen LogP contribution >= 0.6 is 0 Å². The number of hydrogen-bond acceptors (Lipinski definition) is 2. The number of carbonyl (C=O) groups excluding carboxylic acids is 1. The second kappa shape index (κ2) is 8.76. The molecule has 0 aliphatic heterocycles. The average molecular weight is 235 g/mol. The highest BCUT2D eigenvalue weighted by Gasteiger charge is 2.02. The van der Waals surface area contributed by atoms with Crippen molar-refractivity contribution < 1.29 is 9.90 Å². The number of hydrogen-bond donors (Lipinski definition) is 1. The maximum absolute atomic E-state index is 10.9. The first kappa shape index (κ1) is 13.7. The molecule has 0 unspecified atom stereocenters. The highest BCUT2D eigenvalue weighted by molar-refractivity contribution is 5.47. The molecule has 1 amide bonds.